The van der Waals surface area contributed by atoms with E-state index in [4.69, 9.17) is 9.47 Å². The Hall–Kier alpha value is -2.91. The van der Waals surface area contributed by atoms with Crippen LogP contribution >= 0.6 is 0 Å². The molecular weight excluding hydrogens is 396 g/mol. The number of nitrogens with zero attached hydrogens (tertiary/aromatic N) is 2. The Labute approximate surface area is 169 Å². The van der Waals surface area contributed by atoms with Crippen LogP contribution < -0.4 is 14.4 Å². The molecule has 0 atom stereocenters. The zero-order chi connectivity index (χ0) is 21.2. The highest BCUT2D eigenvalue weighted by Gasteiger charge is 2.33. The Bertz CT molecular complexity index is 1020. The van der Waals surface area contributed by atoms with Crippen molar-refractivity contribution in [1.29, 1.82) is 0 Å². The first-order valence-corrected chi connectivity index (χ1v) is 10.3. The van der Waals surface area contributed by atoms with E-state index < -0.39 is 10.0 Å². The average Bonchev–Trinajstić information content (AvgIpc) is 3.05. The van der Waals surface area contributed by atoms with E-state index in [1.165, 1.54) is 36.7 Å². The molecule has 0 spiro atoms. The van der Waals surface area contributed by atoms with Crippen LogP contribution in [0.2, 0.25) is 0 Å². The van der Waals surface area contributed by atoms with Crippen LogP contribution in [0.15, 0.2) is 47.4 Å². The minimum absolute atomic E-state index is 0.0307. The number of amides is 2. The van der Waals surface area contributed by atoms with Crippen molar-refractivity contribution in [3.8, 4) is 11.5 Å². The molecule has 2 amide bonds. The summed E-state index contributed by atoms with van der Waals surface area (Å²) in [6.45, 7) is 0.148. The second-order valence-electron chi connectivity index (χ2n) is 6.57. The monoisotopic (exact) mass is 418 g/mol. The standard InChI is InChI=1S/C20H22N2O6S/c1-21(13-14-4-6-15(27-2)7-5-14)29(25,26)16-8-9-18(28-3)17(12-16)22-19(23)10-11-20(22)24/h4-9,12H,10-11,13H2,1-3H3. The highest BCUT2D eigenvalue weighted by molar-refractivity contribution is 7.89. The third kappa shape index (κ3) is 4.10. The van der Waals surface area contributed by atoms with Gasteiger partial charge in [0.2, 0.25) is 21.8 Å². The number of carbonyl (C=O) groups is 2. The molecule has 1 saturated heterocycles. The van der Waals surface area contributed by atoms with E-state index in [1.807, 2.05) is 0 Å². The summed E-state index contributed by atoms with van der Waals surface area (Å²) in [5.41, 5.74) is 0.925. The van der Waals surface area contributed by atoms with Crippen LogP contribution in [-0.4, -0.2) is 45.8 Å². The highest BCUT2D eigenvalue weighted by atomic mass is 32.2. The lowest BCUT2D eigenvalue weighted by atomic mass is 10.2. The molecule has 3 rings (SSSR count). The van der Waals surface area contributed by atoms with Crippen molar-refractivity contribution in [1.82, 2.24) is 4.31 Å². The van der Waals surface area contributed by atoms with E-state index in [-0.39, 0.29) is 47.5 Å². The van der Waals surface area contributed by atoms with Gasteiger partial charge in [-0.3, -0.25) is 9.59 Å². The summed E-state index contributed by atoms with van der Waals surface area (Å²) in [6.07, 6.45) is 0.187. The van der Waals surface area contributed by atoms with E-state index in [9.17, 15) is 18.0 Å². The third-order valence-corrected chi connectivity index (χ3v) is 6.51. The Kier molecular flexibility index (Phi) is 5.90. The number of ether oxygens (including phenoxy) is 2. The molecular formula is C20H22N2O6S. The van der Waals surface area contributed by atoms with Gasteiger partial charge in [0, 0.05) is 26.4 Å². The number of benzene rings is 2. The molecule has 0 aliphatic carbocycles. The molecule has 1 heterocycles. The Morgan fingerprint density at radius 3 is 2.14 bits per heavy atom. The number of rotatable bonds is 7. The van der Waals surface area contributed by atoms with Crippen LogP contribution in [-0.2, 0) is 26.2 Å². The highest BCUT2D eigenvalue weighted by Crippen LogP contribution is 2.35. The molecule has 1 aliphatic heterocycles. The molecule has 8 nitrogen and oxygen atoms in total. The van der Waals surface area contributed by atoms with Gasteiger partial charge in [0.1, 0.15) is 11.5 Å². The summed E-state index contributed by atoms with van der Waals surface area (Å²) < 4.78 is 37.7. The fourth-order valence-electron chi connectivity index (χ4n) is 3.10. The van der Waals surface area contributed by atoms with E-state index in [1.54, 1.807) is 31.4 Å². The van der Waals surface area contributed by atoms with Crippen molar-refractivity contribution in [2.24, 2.45) is 0 Å². The average molecular weight is 418 g/mol. The fraction of sp³-hybridized carbons (Fsp3) is 0.300. The lowest BCUT2D eigenvalue weighted by Crippen LogP contribution is -2.30. The number of hydrogen-bond donors (Lipinski definition) is 0. The van der Waals surface area contributed by atoms with Crippen LogP contribution in [0.4, 0.5) is 5.69 Å². The zero-order valence-electron chi connectivity index (χ0n) is 16.4. The van der Waals surface area contributed by atoms with E-state index >= 15 is 0 Å². The van der Waals surface area contributed by atoms with Gasteiger partial charge in [0.25, 0.3) is 0 Å². The van der Waals surface area contributed by atoms with Crippen molar-refractivity contribution in [3.05, 3.63) is 48.0 Å². The van der Waals surface area contributed by atoms with Gasteiger partial charge in [0.05, 0.1) is 24.8 Å². The van der Waals surface area contributed by atoms with Crippen molar-refractivity contribution >= 4 is 27.5 Å². The Morgan fingerprint density at radius 1 is 0.966 bits per heavy atom. The molecule has 0 radical (unpaired) electrons. The first kappa shape index (κ1) is 20.8. The number of anilines is 1. The normalized spacial score (nSPS) is 14.6. The fourth-order valence-corrected chi connectivity index (χ4v) is 4.28. The molecule has 9 heteroatoms. The number of hydrogen-bond acceptors (Lipinski definition) is 6. The first-order chi connectivity index (χ1) is 13.8. The number of imide groups is 1. The summed E-state index contributed by atoms with van der Waals surface area (Å²) >= 11 is 0. The maximum Gasteiger partial charge on any atom is 0.243 e. The second-order valence-corrected chi connectivity index (χ2v) is 8.61. The third-order valence-electron chi connectivity index (χ3n) is 4.72. The van der Waals surface area contributed by atoms with E-state index in [2.05, 4.69) is 0 Å². The van der Waals surface area contributed by atoms with Crippen molar-refractivity contribution in [2.45, 2.75) is 24.3 Å². The predicted octanol–water partition coefficient (Wildman–Crippen LogP) is 2.18. The lowest BCUT2D eigenvalue weighted by molar-refractivity contribution is -0.121. The van der Waals surface area contributed by atoms with E-state index in [0.717, 1.165) is 10.5 Å². The number of sulfonamides is 1. The van der Waals surface area contributed by atoms with Gasteiger partial charge in [-0.2, -0.15) is 4.31 Å². The molecule has 1 fully saturated rings. The van der Waals surface area contributed by atoms with Crippen LogP contribution in [0.3, 0.4) is 0 Å². The quantitative estimate of drug-likeness (QED) is 0.640. The van der Waals surface area contributed by atoms with Gasteiger partial charge >= 0.3 is 0 Å². The van der Waals surface area contributed by atoms with Gasteiger partial charge in [-0.1, -0.05) is 12.1 Å². The SMILES string of the molecule is COc1ccc(CN(C)S(=O)(=O)c2ccc(OC)c(N3C(=O)CCC3=O)c2)cc1. The molecule has 0 saturated carbocycles. The van der Waals surface area contributed by atoms with Gasteiger partial charge in [0.15, 0.2) is 0 Å². The minimum Gasteiger partial charge on any atom is -0.497 e. The molecule has 0 unspecified atom stereocenters. The number of methoxy groups -OCH3 is 2. The first-order valence-electron chi connectivity index (χ1n) is 8.91. The van der Waals surface area contributed by atoms with Crippen LogP contribution in [0, 0.1) is 0 Å². The van der Waals surface area contributed by atoms with E-state index in [0.29, 0.717) is 5.75 Å². The molecule has 2 aromatic rings. The minimum atomic E-state index is -3.87. The molecule has 154 valence electrons. The molecule has 1 aliphatic rings. The smallest absolute Gasteiger partial charge is 0.243 e. The van der Waals surface area contributed by atoms with Crippen LogP contribution in [0.5, 0.6) is 11.5 Å². The lowest BCUT2D eigenvalue weighted by Gasteiger charge is -2.21. The molecule has 2 aromatic carbocycles. The van der Waals surface area contributed by atoms with Crippen LogP contribution in [0.25, 0.3) is 0 Å². The summed E-state index contributed by atoms with van der Waals surface area (Å²) in [7, 11) is 0.555. The number of carbonyl (C=O) groups excluding carboxylic acids is 2. The van der Waals surface area contributed by atoms with Gasteiger partial charge < -0.3 is 9.47 Å². The Balaban J connectivity index is 1.92. The maximum atomic E-state index is 13.1. The summed E-state index contributed by atoms with van der Waals surface area (Å²) in [4.78, 5) is 25.2. The summed E-state index contributed by atoms with van der Waals surface area (Å²) in [6, 6.07) is 11.2. The molecule has 0 aromatic heterocycles. The summed E-state index contributed by atoms with van der Waals surface area (Å²) in [5, 5.41) is 0. The van der Waals surface area contributed by atoms with Gasteiger partial charge in [-0.25, -0.2) is 13.3 Å². The van der Waals surface area contributed by atoms with Gasteiger partial charge in [-0.05, 0) is 35.9 Å². The maximum absolute atomic E-state index is 13.1. The zero-order valence-corrected chi connectivity index (χ0v) is 17.2. The predicted molar refractivity (Wildman–Crippen MR) is 106 cm³/mol. The topological polar surface area (TPSA) is 93.2 Å². The van der Waals surface area contributed by atoms with Crippen molar-refractivity contribution in [2.75, 3.05) is 26.2 Å². The van der Waals surface area contributed by atoms with Crippen LogP contribution in [0.1, 0.15) is 18.4 Å². The van der Waals surface area contributed by atoms with Gasteiger partial charge in [-0.15, -0.1) is 0 Å². The summed E-state index contributed by atoms with van der Waals surface area (Å²) in [5.74, 6) is 0.174. The molecule has 0 bridgehead atoms. The molecule has 29 heavy (non-hydrogen) atoms. The Morgan fingerprint density at radius 2 is 1.59 bits per heavy atom. The van der Waals surface area contributed by atoms with Crippen molar-refractivity contribution < 1.29 is 27.5 Å². The second kappa shape index (κ2) is 8.22. The van der Waals surface area contributed by atoms with Crippen molar-refractivity contribution in [3.63, 3.8) is 0 Å². The largest absolute Gasteiger partial charge is 0.497 e. The molecule has 0 N–H and O–H groups in total.